The van der Waals surface area contributed by atoms with Crippen molar-refractivity contribution < 1.29 is 14.5 Å². The number of nitrogens with zero attached hydrogens (tertiary/aromatic N) is 4. The van der Waals surface area contributed by atoms with E-state index >= 15 is 0 Å². The lowest BCUT2D eigenvalue weighted by molar-refractivity contribution is -0.389. The summed E-state index contributed by atoms with van der Waals surface area (Å²) in [4.78, 5) is 36.5. The number of carbonyl (C=O) groups excluding carboxylic acids is 2. The van der Waals surface area contributed by atoms with Gasteiger partial charge in [-0.2, -0.15) is 0 Å². The van der Waals surface area contributed by atoms with Crippen molar-refractivity contribution in [3.8, 4) is 16.8 Å². The van der Waals surface area contributed by atoms with Crippen LogP contribution in [0.15, 0.2) is 61.3 Å². The molecule has 1 aliphatic heterocycles. The van der Waals surface area contributed by atoms with E-state index < -0.39 is 4.92 Å². The number of rotatable bonds is 5. The maximum absolute atomic E-state index is 12.0. The monoisotopic (exact) mass is 417 g/mol. The molecule has 9 heteroatoms. The molecule has 0 saturated carbocycles. The highest BCUT2D eigenvalue weighted by atomic mass is 16.6. The molecule has 4 rings (SSSR count). The number of aromatic nitrogens is 2. The van der Waals surface area contributed by atoms with Gasteiger partial charge in [0.1, 0.15) is 5.56 Å². The minimum atomic E-state index is -0.533. The van der Waals surface area contributed by atoms with Crippen molar-refractivity contribution in [3.63, 3.8) is 0 Å². The average molecular weight is 417 g/mol. The lowest BCUT2D eigenvalue weighted by Crippen LogP contribution is -2.31. The first-order chi connectivity index (χ1) is 14.9. The highest BCUT2D eigenvalue weighted by Crippen LogP contribution is 2.32. The highest BCUT2D eigenvalue weighted by molar-refractivity contribution is 6.00. The minimum Gasteiger partial charge on any atom is -0.358 e. The first-order valence-electron chi connectivity index (χ1n) is 9.55. The van der Waals surface area contributed by atoms with Crippen LogP contribution in [0.3, 0.4) is 0 Å². The van der Waals surface area contributed by atoms with E-state index in [0.29, 0.717) is 41.0 Å². The van der Waals surface area contributed by atoms with Gasteiger partial charge < -0.3 is 20.3 Å². The second kappa shape index (κ2) is 7.86. The van der Waals surface area contributed by atoms with Gasteiger partial charge in [0.05, 0.1) is 17.0 Å². The number of anilines is 1. The molecule has 0 unspecified atom stereocenters. The van der Waals surface area contributed by atoms with E-state index in [1.165, 1.54) is 15.7 Å². The van der Waals surface area contributed by atoms with Gasteiger partial charge in [0, 0.05) is 24.8 Å². The molecule has 0 radical (unpaired) electrons. The van der Waals surface area contributed by atoms with Crippen molar-refractivity contribution in [1.82, 2.24) is 15.1 Å². The largest absolute Gasteiger partial charge is 0.398 e. The van der Waals surface area contributed by atoms with Crippen molar-refractivity contribution >= 4 is 23.3 Å². The second-order valence-electron chi connectivity index (χ2n) is 7.07. The van der Waals surface area contributed by atoms with Crippen molar-refractivity contribution in [3.05, 3.63) is 82.6 Å². The Morgan fingerprint density at radius 1 is 1.29 bits per heavy atom. The molecule has 9 nitrogen and oxygen atoms in total. The SMILES string of the molecule is C=CC(=O)N(C)c1cccc(-n2cc(-c3ccc4c(c3)CCNC4=O)c([N+](=O)[O-])n2)c1. The summed E-state index contributed by atoms with van der Waals surface area (Å²) < 4.78 is 1.41. The predicted octanol–water partition coefficient (Wildman–Crippen LogP) is 2.88. The van der Waals surface area contributed by atoms with Crippen molar-refractivity contribution in [2.24, 2.45) is 0 Å². The fraction of sp³-hybridized carbons (Fsp3) is 0.136. The Labute approximate surface area is 177 Å². The molecule has 156 valence electrons. The van der Waals surface area contributed by atoms with Crippen LogP contribution < -0.4 is 10.2 Å². The molecule has 2 amide bonds. The molecule has 0 saturated heterocycles. The number of nitro groups is 1. The van der Waals surface area contributed by atoms with Crippen LogP contribution >= 0.6 is 0 Å². The van der Waals surface area contributed by atoms with E-state index in [2.05, 4.69) is 17.0 Å². The summed E-state index contributed by atoms with van der Waals surface area (Å²) in [7, 11) is 1.61. The molecule has 0 bridgehead atoms. The highest BCUT2D eigenvalue weighted by Gasteiger charge is 2.25. The molecule has 0 fully saturated rings. The summed E-state index contributed by atoms with van der Waals surface area (Å²) >= 11 is 0. The quantitative estimate of drug-likeness (QED) is 0.390. The van der Waals surface area contributed by atoms with Gasteiger partial charge in [0.15, 0.2) is 0 Å². The Morgan fingerprint density at radius 3 is 2.84 bits per heavy atom. The summed E-state index contributed by atoms with van der Waals surface area (Å²) in [5, 5.41) is 18.6. The molecular weight excluding hydrogens is 398 g/mol. The molecule has 1 N–H and O–H groups in total. The maximum Gasteiger partial charge on any atom is 0.398 e. The van der Waals surface area contributed by atoms with Crippen LogP contribution in [0.2, 0.25) is 0 Å². The number of benzene rings is 2. The first kappa shape index (κ1) is 20.0. The standard InChI is InChI=1S/C22H19N5O4/c1-3-20(28)25(2)16-5-4-6-17(12-16)26-13-19(21(24-26)27(30)31)14-7-8-18-15(11-14)9-10-23-22(18)29/h3-8,11-13H,1,9-10H2,2H3,(H,23,29). The Morgan fingerprint density at radius 2 is 2.10 bits per heavy atom. The minimum absolute atomic E-state index is 0.145. The number of nitrogens with one attached hydrogen (secondary N) is 1. The molecule has 0 atom stereocenters. The Bertz CT molecular complexity index is 1230. The molecule has 31 heavy (non-hydrogen) atoms. The number of likely N-dealkylation sites (N-methyl/N-ethyl adjacent to an activating group) is 1. The van der Waals surface area contributed by atoms with Crippen LogP contribution in [0, 0.1) is 10.1 Å². The van der Waals surface area contributed by atoms with Crippen LogP contribution in [0.1, 0.15) is 15.9 Å². The normalized spacial score (nSPS) is 12.6. The van der Waals surface area contributed by atoms with E-state index in [9.17, 15) is 19.7 Å². The van der Waals surface area contributed by atoms with E-state index in [1.807, 2.05) is 0 Å². The number of amides is 2. The molecule has 2 heterocycles. The van der Waals surface area contributed by atoms with Crippen LogP contribution in [-0.2, 0) is 11.2 Å². The van der Waals surface area contributed by atoms with Gasteiger partial charge in [-0.3, -0.25) is 9.59 Å². The van der Waals surface area contributed by atoms with Crippen molar-refractivity contribution in [2.75, 3.05) is 18.5 Å². The van der Waals surface area contributed by atoms with Crippen LogP contribution in [0.25, 0.3) is 16.8 Å². The molecule has 0 aliphatic carbocycles. The van der Waals surface area contributed by atoms with E-state index in [1.54, 1.807) is 55.7 Å². The van der Waals surface area contributed by atoms with E-state index in [4.69, 9.17) is 0 Å². The molecule has 2 aromatic carbocycles. The van der Waals surface area contributed by atoms with Gasteiger partial charge in [-0.15, -0.1) is 4.68 Å². The van der Waals surface area contributed by atoms with Crippen molar-refractivity contribution in [2.45, 2.75) is 6.42 Å². The third kappa shape index (κ3) is 3.68. The third-order valence-corrected chi connectivity index (χ3v) is 5.20. The Kier molecular flexibility index (Phi) is 5.08. The van der Waals surface area contributed by atoms with Crippen LogP contribution in [0.5, 0.6) is 0 Å². The lowest BCUT2D eigenvalue weighted by Gasteiger charge is -2.16. The van der Waals surface area contributed by atoms with Gasteiger partial charge in [0.2, 0.25) is 5.91 Å². The molecule has 0 spiro atoms. The second-order valence-corrected chi connectivity index (χ2v) is 7.07. The Hall–Kier alpha value is -4.27. The lowest BCUT2D eigenvalue weighted by atomic mass is 9.96. The zero-order valence-corrected chi connectivity index (χ0v) is 16.7. The smallest absolute Gasteiger partial charge is 0.358 e. The summed E-state index contributed by atoms with van der Waals surface area (Å²) in [5.41, 5.74) is 3.54. The zero-order chi connectivity index (χ0) is 22.1. The fourth-order valence-electron chi connectivity index (χ4n) is 3.54. The third-order valence-electron chi connectivity index (χ3n) is 5.20. The summed E-state index contributed by atoms with van der Waals surface area (Å²) in [6, 6.07) is 12.1. The average Bonchev–Trinajstić information content (AvgIpc) is 3.24. The van der Waals surface area contributed by atoms with Crippen LogP contribution in [0.4, 0.5) is 11.5 Å². The van der Waals surface area contributed by atoms with Gasteiger partial charge in [-0.25, -0.2) is 0 Å². The molecular formula is C22H19N5O4. The summed E-state index contributed by atoms with van der Waals surface area (Å²) in [6.07, 6.45) is 3.44. The van der Waals surface area contributed by atoms with Crippen molar-refractivity contribution in [1.29, 1.82) is 0 Å². The maximum atomic E-state index is 12.0. The number of hydrogen-bond donors (Lipinski definition) is 1. The first-order valence-corrected chi connectivity index (χ1v) is 9.55. The number of carbonyl (C=O) groups is 2. The summed E-state index contributed by atoms with van der Waals surface area (Å²) in [5.74, 6) is -0.712. The predicted molar refractivity (Wildman–Crippen MR) is 115 cm³/mol. The zero-order valence-electron chi connectivity index (χ0n) is 16.7. The van der Waals surface area contributed by atoms with Crippen LogP contribution in [-0.4, -0.2) is 40.1 Å². The Balaban J connectivity index is 1.77. The topological polar surface area (TPSA) is 110 Å². The van der Waals surface area contributed by atoms with Gasteiger partial charge >= 0.3 is 5.82 Å². The van der Waals surface area contributed by atoms with Gasteiger partial charge in [-0.05, 0) is 58.9 Å². The van der Waals surface area contributed by atoms with E-state index in [0.717, 1.165) is 5.56 Å². The van der Waals surface area contributed by atoms with Gasteiger partial charge in [-0.1, -0.05) is 18.7 Å². The fourth-order valence-corrected chi connectivity index (χ4v) is 3.54. The molecule has 1 aliphatic rings. The number of fused-ring (bicyclic) bond motifs is 1. The van der Waals surface area contributed by atoms with E-state index in [-0.39, 0.29) is 17.6 Å². The number of hydrogen-bond acceptors (Lipinski definition) is 5. The molecule has 1 aromatic heterocycles. The van der Waals surface area contributed by atoms with Gasteiger partial charge in [0.25, 0.3) is 5.91 Å². The molecule has 3 aromatic rings. The summed E-state index contributed by atoms with van der Waals surface area (Å²) in [6.45, 7) is 4.01.